The Morgan fingerprint density at radius 3 is 2.77 bits per heavy atom. The van der Waals surface area contributed by atoms with E-state index in [2.05, 4.69) is 34.5 Å². The van der Waals surface area contributed by atoms with Gasteiger partial charge in [0, 0.05) is 43.3 Å². The van der Waals surface area contributed by atoms with Gasteiger partial charge in [0.05, 0.1) is 6.04 Å². The van der Waals surface area contributed by atoms with Crippen molar-refractivity contribution in [2.75, 3.05) is 29.9 Å². The van der Waals surface area contributed by atoms with Crippen LogP contribution in [0.5, 0.6) is 5.75 Å². The van der Waals surface area contributed by atoms with Crippen molar-refractivity contribution in [2.45, 2.75) is 25.5 Å². The van der Waals surface area contributed by atoms with Crippen LogP contribution in [0.15, 0.2) is 48.5 Å². The van der Waals surface area contributed by atoms with Crippen LogP contribution in [-0.2, 0) is 11.2 Å². The van der Waals surface area contributed by atoms with Crippen LogP contribution in [0, 0.1) is 0 Å². The largest absolute Gasteiger partial charge is 0.484 e. The molecule has 0 saturated carbocycles. The van der Waals surface area contributed by atoms with Gasteiger partial charge in [0.2, 0.25) is 5.91 Å². The van der Waals surface area contributed by atoms with Crippen LogP contribution in [0.2, 0.25) is 0 Å². The first-order chi connectivity index (χ1) is 12.7. The Hall–Kier alpha value is -1.98. The second-order valence-electron chi connectivity index (χ2n) is 6.87. The lowest BCUT2D eigenvalue weighted by molar-refractivity contribution is -0.114. The van der Waals surface area contributed by atoms with Crippen molar-refractivity contribution in [3.8, 4) is 5.75 Å². The van der Waals surface area contributed by atoms with Crippen LogP contribution in [-0.4, -0.2) is 41.4 Å². The predicted octanol–water partition coefficient (Wildman–Crippen LogP) is 3.74. The number of amides is 1. The van der Waals surface area contributed by atoms with Gasteiger partial charge < -0.3 is 10.1 Å². The minimum absolute atomic E-state index is 0.0295. The number of anilines is 1. The molecule has 0 aromatic heterocycles. The third-order valence-electron chi connectivity index (χ3n) is 5.07. The van der Waals surface area contributed by atoms with Crippen LogP contribution in [0.4, 0.5) is 5.69 Å². The van der Waals surface area contributed by atoms with Gasteiger partial charge in [0.25, 0.3) is 0 Å². The molecular weight excluding hydrogens is 344 g/mol. The quantitative estimate of drug-likeness (QED) is 0.893. The minimum Gasteiger partial charge on any atom is -0.484 e. The van der Waals surface area contributed by atoms with E-state index in [1.54, 1.807) is 0 Å². The average molecular weight is 369 g/mol. The zero-order chi connectivity index (χ0) is 17.9. The van der Waals surface area contributed by atoms with Crippen molar-refractivity contribution >= 4 is 23.4 Å². The summed E-state index contributed by atoms with van der Waals surface area (Å²) >= 11 is 2.03. The molecule has 4 nitrogen and oxygen atoms in total. The average Bonchev–Trinajstić information content (AvgIpc) is 3.01. The second-order valence-corrected chi connectivity index (χ2v) is 8.09. The highest BCUT2D eigenvalue weighted by atomic mass is 32.2. The number of thioether (sulfide) groups is 1. The van der Waals surface area contributed by atoms with E-state index in [1.807, 2.05) is 36.0 Å². The molecule has 1 fully saturated rings. The lowest BCUT2D eigenvalue weighted by Crippen LogP contribution is -2.44. The zero-order valence-electron chi connectivity index (χ0n) is 15.0. The molecular formula is C21H24N2O2S. The van der Waals surface area contributed by atoms with Gasteiger partial charge in [0.1, 0.15) is 11.9 Å². The highest BCUT2D eigenvalue weighted by Gasteiger charge is 2.38. The molecule has 1 saturated heterocycles. The molecule has 0 spiro atoms. The lowest BCUT2D eigenvalue weighted by atomic mass is 10.1. The number of benzene rings is 2. The van der Waals surface area contributed by atoms with E-state index in [-0.39, 0.29) is 12.0 Å². The number of fused-ring (bicyclic) bond motifs is 1. The Kier molecular flexibility index (Phi) is 5.18. The number of hydrogen-bond acceptors (Lipinski definition) is 4. The first-order valence-corrected chi connectivity index (χ1v) is 10.3. The van der Waals surface area contributed by atoms with Crippen molar-refractivity contribution in [1.29, 1.82) is 0 Å². The summed E-state index contributed by atoms with van der Waals surface area (Å²) in [4.78, 5) is 13.9. The van der Waals surface area contributed by atoms with Crippen molar-refractivity contribution in [1.82, 2.24) is 4.90 Å². The lowest BCUT2D eigenvalue weighted by Gasteiger charge is -2.35. The summed E-state index contributed by atoms with van der Waals surface area (Å²) in [5, 5.41) is 2.83. The molecule has 0 radical (unpaired) electrons. The molecule has 136 valence electrons. The fraction of sp³-hybridized carbons (Fsp3) is 0.381. The molecule has 2 atom stereocenters. The number of carbonyl (C=O) groups excluding carboxylic acids is 1. The molecule has 2 aromatic rings. The molecule has 2 aromatic carbocycles. The third-order valence-corrected chi connectivity index (χ3v) is 6.01. The van der Waals surface area contributed by atoms with Gasteiger partial charge in [-0.05, 0) is 29.7 Å². The number of hydrogen-bond donors (Lipinski definition) is 1. The molecule has 5 heteroatoms. The summed E-state index contributed by atoms with van der Waals surface area (Å²) in [5.41, 5.74) is 3.45. The van der Waals surface area contributed by atoms with E-state index < -0.39 is 0 Å². The Morgan fingerprint density at radius 2 is 1.96 bits per heavy atom. The van der Waals surface area contributed by atoms with Crippen LogP contribution in [0.1, 0.15) is 24.2 Å². The van der Waals surface area contributed by atoms with Gasteiger partial charge in [0.15, 0.2) is 0 Å². The van der Waals surface area contributed by atoms with Gasteiger partial charge in [-0.25, -0.2) is 0 Å². The first kappa shape index (κ1) is 17.4. The van der Waals surface area contributed by atoms with Gasteiger partial charge in [-0.1, -0.05) is 30.3 Å². The van der Waals surface area contributed by atoms with E-state index in [4.69, 9.17) is 4.74 Å². The van der Waals surface area contributed by atoms with E-state index in [9.17, 15) is 4.79 Å². The maximum Gasteiger partial charge on any atom is 0.221 e. The van der Waals surface area contributed by atoms with E-state index in [0.717, 1.165) is 30.9 Å². The topological polar surface area (TPSA) is 41.6 Å². The van der Waals surface area contributed by atoms with Crippen LogP contribution in [0.25, 0.3) is 0 Å². The molecule has 1 aliphatic heterocycles. The highest BCUT2D eigenvalue weighted by Crippen LogP contribution is 2.39. The summed E-state index contributed by atoms with van der Waals surface area (Å²) in [7, 11) is 0. The SMILES string of the molecule is CC(=O)Nc1cccc(O[C@H]2c3ccccc3C[C@@H]2N2CCSCC2)c1. The molecule has 1 heterocycles. The normalized spacial score (nSPS) is 22.7. The Balaban J connectivity index is 1.60. The molecule has 1 aliphatic carbocycles. The van der Waals surface area contributed by atoms with Gasteiger partial charge in [-0.15, -0.1) is 0 Å². The maximum absolute atomic E-state index is 11.3. The van der Waals surface area contributed by atoms with Crippen LogP contribution < -0.4 is 10.1 Å². The molecule has 2 aliphatic rings. The van der Waals surface area contributed by atoms with Crippen molar-refractivity contribution in [3.63, 3.8) is 0 Å². The minimum atomic E-state index is -0.0722. The number of nitrogens with zero attached hydrogens (tertiary/aromatic N) is 1. The predicted molar refractivity (Wildman–Crippen MR) is 107 cm³/mol. The smallest absolute Gasteiger partial charge is 0.221 e. The summed E-state index contributed by atoms with van der Waals surface area (Å²) in [6, 6.07) is 16.7. The summed E-state index contributed by atoms with van der Waals surface area (Å²) in [6.07, 6.45) is 1.07. The first-order valence-electron chi connectivity index (χ1n) is 9.14. The zero-order valence-corrected chi connectivity index (χ0v) is 15.8. The second kappa shape index (κ2) is 7.72. The maximum atomic E-state index is 11.3. The fourth-order valence-corrected chi connectivity index (χ4v) is 4.84. The molecule has 1 N–H and O–H groups in total. The molecule has 26 heavy (non-hydrogen) atoms. The van der Waals surface area contributed by atoms with Gasteiger partial charge in [-0.2, -0.15) is 11.8 Å². The summed E-state index contributed by atoms with van der Waals surface area (Å²) in [5.74, 6) is 3.11. The molecule has 0 bridgehead atoms. The number of ether oxygens (including phenoxy) is 1. The van der Waals surface area contributed by atoms with E-state index >= 15 is 0 Å². The fourth-order valence-electron chi connectivity index (χ4n) is 3.91. The summed E-state index contributed by atoms with van der Waals surface area (Å²) in [6.45, 7) is 3.76. The van der Waals surface area contributed by atoms with Crippen LogP contribution >= 0.6 is 11.8 Å². The molecule has 0 unspecified atom stereocenters. The Labute approximate surface area is 158 Å². The van der Waals surface area contributed by atoms with Gasteiger partial charge >= 0.3 is 0 Å². The van der Waals surface area contributed by atoms with Gasteiger partial charge in [-0.3, -0.25) is 9.69 Å². The Bertz CT molecular complexity index is 789. The number of nitrogens with one attached hydrogen (secondary N) is 1. The number of carbonyl (C=O) groups is 1. The van der Waals surface area contributed by atoms with E-state index in [0.29, 0.717) is 6.04 Å². The van der Waals surface area contributed by atoms with E-state index in [1.165, 1.54) is 29.6 Å². The van der Waals surface area contributed by atoms with Crippen LogP contribution in [0.3, 0.4) is 0 Å². The molecule has 4 rings (SSSR count). The van der Waals surface area contributed by atoms with Crippen molar-refractivity contribution in [2.24, 2.45) is 0 Å². The van der Waals surface area contributed by atoms with Crippen molar-refractivity contribution < 1.29 is 9.53 Å². The highest BCUT2D eigenvalue weighted by molar-refractivity contribution is 7.99. The van der Waals surface area contributed by atoms with Crippen molar-refractivity contribution in [3.05, 3.63) is 59.7 Å². The molecule has 1 amide bonds. The Morgan fingerprint density at radius 1 is 1.15 bits per heavy atom. The summed E-state index contributed by atoms with van der Waals surface area (Å²) < 4.78 is 6.49. The third kappa shape index (κ3) is 3.74. The number of rotatable bonds is 4. The standard InChI is InChI=1S/C21H24N2O2S/c1-15(24)22-17-6-4-7-18(14-17)25-21-19-8-3-2-5-16(19)13-20(21)23-9-11-26-12-10-23/h2-8,14,20-21H,9-13H2,1H3,(H,22,24)/t20-,21-/m0/s1. The monoisotopic (exact) mass is 368 g/mol.